The first-order valence-electron chi connectivity index (χ1n) is 3.91. The number of terminal acetylenes is 1. The topological polar surface area (TPSA) is 42.0 Å². The van der Waals surface area contributed by atoms with Crippen LogP contribution < -0.4 is 5.32 Å². The molecule has 1 aromatic rings. The summed E-state index contributed by atoms with van der Waals surface area (Å²) in [7, 11) is 0. The maximum Gasteiger partial charge on any atom is 0.296 e. The molecular weight excluding hydrogens is 164 g/mol. The van der Waals surface area contributed by atoms with Crippen molar-refractivity contribution in [1.29, 1.82) is 0 Å². The minimum atomic E-state index is -0.406. The molecule has 0 aliphatic carbocycles. The summed E-state index contributed by atoms with van der Waals surface area (Å²) in [6.07, 6.45) is 8.30. The average Bonchev–Trinajstić information content (AvgIpc) is 2.19. The standard InChI is InChI=1S/C10H10N2O/c1-3-10(13)12-8(2)9-5-4-6-11-7-9/h1,4-8H,2H3,(H,12,13)/t8-/m0/s1. The van der Waals surface area contributed by atoms with Crippen LogP contribution in [0.15, 0.2) is 24.5 Å². The maximum atomic E-state index is 10.8. The summed E-state index contributed by atoms with van der Waals surface area (Å²) >= 11 is 0. The van der Waals surface area contributed by atoms with Crippen molar-refractivity contribution in [3.8, 4) is 12.3 Å². The van der Waals surface area contributed by atoms with E-state index >= 15 is 0 Å². The zero-order valence-electron chi connectivity index (χ0n) is 7.32. The van der Waals surface area contributed by atoms with Crippen LogP contribution in [0.2, 0.25) is 0 Å². The number of aromatic nitrogens is 1. The zero-order chi connectivity index (χ0) is 9.68. The molecule has 0 fully saturated rings. The third kappa shape index (κ3) is 2.60. The molecule has 0 saturated carbocycles. The van der Waals surface area contributed by atoms with Crippen LogP contribution in [0.4, 0.5) is 0 Å². The molecule has 0 aliphatic rings. The van der Waals surface area contributed by atoms with Crippen molar-refractivity contribution < 1.29 is 4.79 Å². The predicted octanol–water partition coefficient (Wildman–Crippen LogP) is 0.892. The Morgan fingerprint density at radius 2 is 2.54 bits per heavy atom. The quantitative estimate of drug-likeness (QED) is 0.676. The maximum absolute atomic E-state index is 10.8. The fourth-order valence-corrected chi connectivity index (χ4v) is 0.954. The number of pyridine rings is 1. The van der Waals surface area contributed by atoms with Crippen LogP contribution in [-0.4, -0.2) is 10.9 Å². The number of carbonyl (C=O) groups excluding carboxylic acids is 1. The second-order valence-corrected chi connectivity index (χ2v) is 2.63. The number of nitrogens with one attached hydrogen (secondary N) is 1. The van der Waals surface area contributed by atoms with E-state index < -0.39 is 5.91 Å². The highest BCUT2D eigenvalue weighted by Crippen LogP contribution is 2.08. The van der Waals surface area contributed by atoms with Crippen molar-refractivity contribution in [2.24, 2.45) is 0 Å². The lowest BCUT2D eigenvalue weighted by molar-refractivity contribution is -0.116. The highest BCUT2D eigenvalue weighted by molar-refractivity contribution is 5.93. The Morgan fingerprint density at radius 1 is 1.77 bits per heavy atom. The minimum Gasteiger partial charge on any atom is -0.339 e. The Balaban J connectivity index is 2.65. The SMILES string of the molecule is C#CC(=O)N[C@@H](C)c1cccnc1. The normalized spacial score (nSPS) is 11.4. The van der Waals surface area contributed by atoms with Gasteiger partial charge in [-0.25, -0.2) is 0 Å². The van der Waals surface area contributed by atoms with Crippen LogP contribution in [0.25, 0.3) is 0 Å². The van der Waals surface area contributed by atoms with Gasteiger partial charge in [0.1, 0.15) is 0 Å². The lowest BCUT2D eigenvalue weighted by atomic mass is 10.1. The molecule has 1 atom stereocenters. The highest BCUT2D eigenvalue weighted by atomic mass is 16.1. The molecule has 0 radical (unpaired) electrons. The summed E-state index contributed by atoms with van der Waals surface area (Å²) in [6.45, 7) is 1.85. The molecule has 0 unspecified atom stereocenters. The third-order valence-electron chi connectivity index (χ3n) is 1.66. The summed E-state index contributed by atoms with van der Waals surface area (Å²) in [5, 5.41) is 2.63. The summed E-state index contributed by atoms with van der Waals surface area (Å²) < 4.78 is 0. The number of hydrogen-bond donors (Lipinski definition) is 1. The van der Waals surface area contributed by atoms with Gasteiger partial charge in [-0.15, -0.1) is 6.42 Å². The molecule has 1 amide bonds. The van der Waals surface area contributed by atoms with Crippen LogP contribution in [-0.2, 0) is 4.79 Å². The van der Waals surface area contributed by atoms with Crippen LogP contribution in [0.1, 0.15) is 18.5 Å². The van der Waals surface area contributed by atoms with Gasteiger partial charge < -0.3 is 5.32 Å². The van der Waals surface area contributed by atoms with E-state index in [0.717, 1.165) is 5.56 Å². The number of amides is 1. The van der Waals surface area contributed by atoms with Gasteiger partial charge in [0.05, 0.1) is 6.04 Å². The largest absolute Gasteiger partial charge is 0.339 e. The van der Waals surface area contributed by atoms with Crippen molar-refractivity contribution >= 4 is 5.91 Å². The first kappa shape index (κ1) is 9.27. The van der Waals surface area contributed by atoms with E-state index in [0.29, 0.717) is 0 Å². The summed E-state index contributed by atoms with van der Waals surface area (Å²) in [5.74, 6) is 1.59. The first-order chi connectivity index (χ1) is 6.24. The predicted molar refractivity (Wildman–Crippen MR) is 49.6 cm³/mol. The molecule has 1 rings (SSSR count). The van der Waals surface area contributed by atoms with Gasteiger partial charge in [0.25, 0.3) is 5.91 Å². The van der Waals surface area contributed by atoms with Gasteiger partial charge in [-0.1, -0.05) is 6.07 Å². The molecule has 13 heavy (non-hydrogen) atoms. The monoisotopic (exact) mass is 174 g/mol. The van der Waals surface area contributed by atoms with Crippen molar-refractivity contribution in [3.63, 3.8) is 0 Å². The van der Waals surface area contributed by atoms with Gasteiger partial charge in [0.2, 0.25) is 0 Å². The van der Waals surface area contributed by atoms with Crippen molar-refractivity contribution in [1.82, 2.24) is 10.3 Å². The smallest absolute Gasteiger partial charge is 0.296 e. The Bertz CT molecular complexity index is 327. The van der Waals surface area contributed by atoms with Gasteiger partial charge in [0.15, 0.2) is 0 Å². The van der Waals surface area contributed by atoms with E-state index in [4.69, 9.17) is 6.42 Å². The second-order valence-electron chi connectivity index (χ2n) is 2.63. The molecule has 0 aliphatic heterocycles. The molecule has 1 aromatic heterocycles. The molecule has 1 N–H and O–H groups in total. The van der Waals surface area contributed by atoms with E-state index in [9.17, 15) is 4.79 Å². The molecule has 0 aromatic carbocycles. The third-order valence-corrected chi connectivity index (χ3v) is 1.66. The fraction of sp³-hybridized carbons (Fsp3) is 0.200. The minimum absolute atomic E-state index is 0.0998. The Hall–Kier alpha value is -1.82. The lowest BCUT2D eigenvalue weighted by Crippen LogP contribution is -2.24. The average molecular weight is 174 g/mol. The van der Waals surface area contributed by atoms with E-state index in [1.54, 1.807) is 12.4 Å². The second kappa shape index (κ2) is 4.27. The molecule has 0 spiro atoms. The summed E-state index contributed by atoms with van der Waals surface area (Å²) in [6, 6.07) is 3.60. The van der Waals surface area contributed by atoms with E-state index in [2.05, 4.69) is 10.3 Å². The van der Waals surface area contributed by atoms with Crippen molar-refractivity contribution in [3.05, 3.63) is 30.1 Å². The van der Waals surface area contributed by atoms with Crippen molar-refractivity contribution in [2.45, 2.75) is 13.0 Å². The van der Waals surface area contributed by atoms with Gasteiger partial charge >= 0.3 is 0 Å². The van der Waals surface area contributed by atoms with Crippen LogP contribution in [0.3, 0.4) is 0 Å². The van der Waals surface area contributed by atoms with Gasteiger partial charge in [-0.05, 0) is 24.5 Å². The Labute approximate surface area is 77.2 Å². The van der Waals surface area contributed by atoms with Gasteiger partial charge in [0, 0.05) is 12.4 Å². The molecule has 3 heteroatoms. The molecule has 1 heterocycles. The van der Waals surface area contributed by atoms with E-state index in [-0.39, 0.29) is 6.04 Å². The van der Waals surface area contributed by atoms with Crippen LogP contribution >= 0.6 is 0 Å². The lowest BCUT2D eigenvalue weighted by Gasteiger charge is -2.10. The fourth-order valence-electron chi connectivity index (χ4n) is 0.954. The Kier molecular flexibility index (Phi) is 3.04. The van der Waals surface area contributed by atoms with Crippen molar-refractivity contribution in [2.75, 3.05) is 0 Å². The molecule has 3 nitrogen and oxygen atoms in total. The Morgan fingerprint density at radius 3 is 3.08 bits per heavy atom. The molecular formula is C10H10N2O. The van der Waals surface area contributed by atoms with Gasteiger partial charge in [-0.2, -0.15) is 0 Å². The summed E-state index contributed by atoms with van der Waals surface area (Å²) in [4.78, 5) is 14.8. The number of nitrogens with zero attached hydrogens (tertiary/aromatic N) is 1. The number of carbonyl (C=O) groups is 1. The molecule has 0 bridgehead atoms. The summed E-state index contributed by atoms with van der Waals surface area (Å²) in [5.41, 5.74) is 0.936. The number of rotatable bonds is 2. The van der Waals surface area contributed by atoms with E-state index in [1.165, 1.54) is 0 Å². The van der Waals surface area contributed by atoms with Gasteiger partial charge in [-0.3, -0.25) is 9.78 Å². The van der Waals surface area contributed by atoms with Crippen LogP contribution in [0.5, 0.6) is 0 Å². The number of hydrogen-bond acceptors (Lipinski definition) is 2. The van der Waals surface area contributed by atoms with E-state index in [1.807, 2.05) is 25.0 Å². The molecule has 0 saturated heterocycles. The molecule has 66 valence electrons. The van der Waals surface area contributed by atoms with Crippen LogP contribution in [0, 0.1) is 12.3 Å². The highest BCUT2D eigenvalue weighted by Gasteiger charge is 2.06. The first-order valence-corrected chi connectivity index (χ1v) is 3.91. The zero-order valence-corrected chi connectivity index (χ0v) is 7.32.